The van der Waals surface area contributed by atoms with Crippen LogP contribution in [-0.2, 0) is 6.18 Å². The van der Waals surface area contributed by atoms with Crippen molar-refractivity contribution in [3.8, 4) is 11.6 Å². The molecule has 0 saturated carbocycles. The number of hydrogen-bond acceptors (Lipinski definition) is 5. The first kappa shape index (κ1) is 22.6. The van der Waals surface area contributed by atoms with Gasteiger partial charge in [-0.3, -0.25) is 0 Å². The molecule has 2 rings (SSSR count). The molecule has 0 atom stereocenters. The SMILES string of the molecule is CCCCCOc1ccc(Nc2ncc(C(F)(F)F)c(OCC(F)(F)F)n2)cc1. The van der Waals surface area contributed by atoms with Crippen molar-refractivity contribution in [3.05, 3.63) is 36.0 Å². The molecule has 1 N–H and O–H groups in total. The molecule has 11 heteroatoms. The van der Waals surface area contributed by atoms with E-state index in [4.69, 9.17) is 4.74 Å². The van der Waals surface area contributed by atoms with Crippen molar-refractivity contribution < 1.29 is 35.8 Å². The smallest absolute Gasteiger partial charge is 0.423 e. The molecule has 0 saturated heterocycles. The molecular weight excluding hydrogens is 404 g/mol. The van der Waals surface area contributed by atoms with Crippen LogP contribution in [0.2, 0.25) is 0 Å². The first-order valence-corrected chi connectivity index (χ1v) is 8.72. The number of nitrogens with zero attached hydrogens (tertiary/aromatic N) is 2. The molecule has 160 valence electrons. The number of ether oxygens (including phenoxy) is 2. The number of benzene rings is 1. The maximum Gasteiger partial charge on any atom is 0.423 e. The normalized spacial score (nSPS) is 12.0. The monoisotopic (exact) mass is 423 g/mol. The van der Waals surface area contributed by atoms with Gasteiger partial charge in [0, 0.05) is 11.9 Å². The minimum atomic E-state index is -4.96. The third-order valence-corrected chi connectivity index (χ3v) is 3.56. The van der Waals surface area contributed by atoms with E-state index in [0.717, 1.165) is 19.3 Å². The first-order chi connectivity index (χ1) is 13.6. The highest BCUT2D eigenvalue weighted by molar-refractivity contribution is 5.55. The minimum absolute atomic E-state index is 0.341. The zero-order chi connectivity index (χ0) is 21.5. The van der Waals surface area contributed by atoms with Crippen LogP contribution in [0.5, 0.6) is 11.6 Å². The third-order valence-electron chi connectivity index (χ3n) is 3.56. The molecule has 0 unspecified atom stereocenters. The molecule has 0 aliphatic carbocycles. The lowest BCUT2D eigenvalue weighted by Gasteiger charge is -2.15. The summed E-state index contributed by atoms with van der Waals surface area (Å²) >= 11 is 0. The molecular formula is C18H19F6N3O2. The van der Waals surface area contributed by atoms with Gasteiger partial charge in [-0.25, -0.2) is 4.98 Å². The Hall–Kier alpha value is -2.72. The van der Waals surface area contributed by atoms with E-state index >= 15 is 0 Å². The standard InChI is InChI=1S/C18H19F6N3O2/c1-2-3-4-9-28-13-7-5-12(6-8-13)26-16-25-10-14(18(22,23)24)15(27-16)29-11-17(19,20)21/h5-8,10H,2-4,9,11H2,1H3,(H,25,26,27). The Morgan fingerprint density at radius 2 is 1.66 bits per heavy atom. The Balaban J connectivity index is 2.10. The second kappa shape index (κ2) is 9.66. The average molecular weight is 423 g/mol. The van der Waals surface area contributed by atoms with Crippen molar-refractivity contribution in [2.24, 2.45) is 0 Å². The van der Waals surface area contributed by atoms with Crippen LogP contribution in [-0.4, -0.2) is 29.4 Å². The number of nitrogens with one attached hydrogen (secondary N) is 1. The first-order valence-electron chi connectivity index (χ1n) is 8.72. The fourth-order valence-electron chi connectivity index (χ4n) is 2.19. The van der Waals surface area contributed by atoms with Gasteiger partial charge in [0.2, 0.25) is 11.8 Å². The van der Waals surface area contributed by atoms with Gasteiger partial charge in [0.1, 0.15) is 11.3 Å². The Kier molecular flexibility index (Phi) is 7.52. The highest BCUT2D eigenvalue weighted by Crippen LogP contribution is 2.36. The van der Waals surface area contributed by atoms with Gasteiger partial charge in [-0.1, -0.05) is 19.8 Å². The second-order valence-electron chi connectivity index (χ2n) is 6.02. The molecule has 0 aliphatic rings. The van der Waals surface area contributed by atoms with Gasteiger partial charge in [0.15, 0.2) is 6.61 Å². The summed E-state index contributed by atoms with van der Waals surface area (Å²) in [6.07, 6.45) is -6.38. The van der Waals surface area contributed by atoms with Crippen molar-refractivity contribution in [1.82, 2.24) is 9.97 Å². The van der Waals surface area contributed by atoms with Gasteiger partial charge in [-0.05, 0) is 30.7 Å². The summed E-state index contributed by atoms with van der Waals surface area (Å²) in [4.78, 5) is 6.94. The van der Waals surface area contributed by atoms with E-state index in [1.54, 1.807) is 24.3 Å². The van der Waals surface area contributed by atoms with Crippen LogP contribution in [0.3, 0.4) is 0 Å². The van der Waals surface area contributed by atoms with E-state index in [-0.39, 0.29) is 5.95 Å². The minimum Gasteiger partial charge on any atom is -0.494 e. The van der Waals surface area contributed by atoms with E-state index in [1.807, 2.05) is 0 Å². The largest absolute Gasteiger partial charge is 0.494 e. The van der Waals surface area contributed by atoms with Crippen LogP contribution in [0.4, 0.5) is 38.0 Å². The molecule has 0 fully saturated rings. The lowest BCUT2D eigenvalue weighted by molar-refractivity contribution is -0.159. The number of anilines is 2. The molecule has 5 nitrogen and oxygen atoms in total. The molecule has 0 spiro atoms. The number of hydrogen-bond donors (Lipinski definition) is 1. The molecule has 2 aromatic rings. The van der Waals surface area contributed by atoms with Gasteiger partial charge in [0.25, 0.3) is 0 Å². The van der Waals surface area contributed by atoms with E-state index in [2.05, 4.69) is 26.9 Å². The van der Waals surface area contributed by atoms with Gasteiger partial charge in [0.05, 0.1) is 6.61 Å². The topological polar surface area (TPSA) is 56.3 Å². The Labute approximate surface area is 163 Å². The number of rotatable bonds is 9. The van der Waals surface area contributed by atoms with E-state index in [0.29, 0.717) is 24.2 Å². The maximum atomic E-state index is 12.9. The van der Waals surface area contributed by atoms with Crippen LogP contribution >= 0.6 is 0 Å². The van der Waals surface area contributed by atoms with Crippen molar-refractivity contribution in [2.45, 2.75) is 38.5 Å². The van der Waals surface area contributed by atoms with Crippen LogP contribution in [0.25, 0.3) is 0 Å². The fraction of sp³-hybridized carbons (Fsp3) is 0.444. The van der Waals surface area contributed by atoms with Gasteiger partial charge >= 0.3 is 12.4 Å². The number of halogens is 6. The lowest BCUT2D eigenvalue weighted by Crippen LogP contribution is -2.22. The van der Waals surface area contributed by atoms with Gasteiger partial charge in [-0.15, -0.1) is 0 Å². The van der Waals surface area contributed by atoms with E-state index in [9.17, 15) is 26.3 Å². The number of unbranched alkanes of at least 4 members (excludes halogenated alkanes) is 2. The van der Waals surface area contributed by atoms with Gasteiger partial charge < -0.3 is 14.8 Å². The molecule has 0 amide bonds. The summed E-state index contributed by atoms with van der Waals surface area (Å²) in [7, 11) is 0. The van der Waals surface area contributed by atoms with Crippen LogP contribution in [0.1, 0.15) is 31.7 Å². The summed E-state index contributed by atoms with van der Waals surface area (Å²) in [5.74, 6) is -0.941. The quantitative estimate of drug-likeness (QED) is 0.411. The second-order valence-corrected chi connectivity index (χ2v) is 6.02. The Morgan fingerprint density at radius 3 is 2.24 bits per heavy atom. The van der Waals surface area contributed by atoms with Crippen molar-refractivity contribution in [2.75, 3.05) is 18.5 Å². The number of aromatic nitrogens is 2. The van der Waals surface area contributed by atoms with Crippen molar-refractivity contribution >= 4 is 11.6 Å². The summed E-state index contributed by atoms with van der Waals surface area (Å²) < 4.78 is 85.5. The summed E-state index contributed by atoms with van der Waals surface area (Å²) in [6, 6.07) is 6.43. The highest BCUT2D eigenvalue weighted by Gasteiger charge is 2.38. The fourth-order valence-corrected chi connectivity index (χ4v) is 2.19. The zero-order valence-electron chi connectivity index (χ0n) is 15.4. The summed E-state index contributed by atoms with van der Waals surface area (Å²) in [6.45, 7) is 0.725. The van der Waals surface area contributed by atoms with E-state index < -0.39 is 30.4 Å². The average Bonchev–Trinajstić information content (AvgIpc) is 2.63. The predicted octanol–water partition coefficient (Wildman–Crippen LogP) is 5.75. The molecule has 0 radical (unpaired) electrons. The number of alkyl halides is 6. The summed E-state index contributed by atoms with van der Waals surface area (Å²) in [5, 5.41) is 2.62. The predicted molar refractivity (Wildman–Crippen MR) is 93.3 cm³/mol. The third kappa shape index (κ3) is 7.66. The van der Waals surface area contributed by atoms with Gasteiger partial charge in [-0.2, -0.15) is 31.3 Å². The highest BCUT2D eigenvalue weighted by atomic mass is 19.4. The van der Waals surface area contributed by atoms with Crippen molar-refractivity contribution in [1.29, 1.82) is 0 Å². The summed E-state index contributed by atoms with van der Waals surface area (Å²) in [5.41, 5.74) is -1.09. The van der Waals surface area contributed by atoms with Crippen LogP contribution < -0.4 is 14.8 Å². The molecule has 29 heavy (non-hydrogen) atoms. The molecule has 0 aliphatic heterocycles. The molecule has 1 heterocycles. The van der Waals surface area contributed by atoms with Crippen LogP contribution in [0, 0.1) is 0 Å². The van der Waals surface area contributed by atoms with Crippen molar-refractivity contribution in [3.63, 3.8) is 0 Å². The maximum absolute atomic E-state index is 12.9. The Bertz CT molecular complexity index is 779. The lowest BCUT2D eigenvalue weighted by atomic mass is 10.2. The molecule has 0 bridgehead atoms. The van der Waals surface area contributed by atoms with Crippen LogP contribution in [0.15, 0.2) is 30.5 Å². The molecule has 1 aromatic heterocycles. The Morgan fingerprint density at radius 1 is 0.966 bits per heavy atom. The zero-order valence-corrected chi connectivity index (χ0v) is 15.4. The molecule has 1 aromatic carbocycles. The van der Waals surface area contributed by atoms with E-state index in [1.165, 1.54) is 0 Å².